The van der Waals surface area contributed by atoms with Crippen LogP contribution < -0.4 is 5.32 Å². The molecule has 0 spiro atoms. The quantitative estimate of drug-likeness (QED) is 0.536. The van der Waals surface area contributed by atoms with Gasteiger partial charge in [0.2, 0.25) is 0 Å². The van der Waals surface area contributed by atoms with Crippen molar-refractivity contribution in [3.8, 4) is 0 Å². The molecule has 0 aromatic heterocycles. The van der Waals surface area contributed by atoms with Crippen LogP contribution in [0.1, 0.15) is 25.8 Å². The minimum absolute atomic E-state index is 0.0878. The van der Waals surface area contributed by atoms with Gasteiger partial charge < -0.3 is 10.1 Å². The summed E-state index contributed by atoms with van der Waals surface area (Å²) in [4.78, 5) is 0.216. The Morgan fingerprint density at radius 3 is 2.43 bits per heavy atom. The first-order chi connectivity index (χ1) is 9.87. The van der Waals surface area contributed by atoms with Crippen molar-refractivity contribution in [2.45, 2.75) is 37.2 Å². The van der Waals surface area contributed by atoms with Gasteiger partial charge in [-0.1, -0.05) is 26.0 Å². The summed E-state index contributed by atoms with van der Waals surface area (Å²) >= 11 is -0.0878. The smallest absolute Gasteiger partial charge is 0.381 e. The number of thioether (sulfide) groups is 1. The summed E-state index contributed by atoms with van der Waals surface area (Å²) in [6.45, 7) is 7.21. The lowest BCUT2D eigenvalue weighted by molar-refractivity contribution is -0.0328. The molecule has 1 aromatic rings. The maximum atomic E-state index is 12.2. The van der Waals surface area contributed by atoms with Gasteiger partial charge in [0.1, 0.15) is 0 Å². The highest BCUT2D eigenvalue weighted by atomic mass is 32.2. The van der Waals surface area contributed by atoms with Gasteiger partial charge in [-0.25, -0.2) is 0 Å². The molecule has 0 aliphatic heterocycles. The lowest BCUT2D eigenvalue weighted by atomic mass is 10.2. The average molecular weight is 321 g/mol. The summed E-state index contributed by atoms with van der Waals surface area (Å²) in [5, 5.41) is 3.25. The van der Waals surface area contributed by atoms with Crippen LogP contribution in [0.4, 0.5) is 13.2 Å². The van der Waals surface area contributed by atoms with E-state index in [4.69, 9.17) is 4.74 Å². The van der Waals surface area contributed by atoms with E-state index in [9.17, 15) is 13.2 Å². The van der Waals surface area contributed by atoms with Crippen LogP contribution in [0.3, 0.4) is 0 Å². The first-order valence-electron chi connectivity index (χ1n) is 7.00. The molecule has 1 rings (SSSR count). The number of halogens is 3. The van der Waals surface area contributed by atoms with Crippen LogP contribution in [-0.2, 0) is 11.3 Å². The molecule has 0 atom stereocenters. The van der Waals surface area contributed by atoms with Gasteiger partial charge >= 0.3 is 5.51 Å². The number of ether oxygens (including phenoxy) is 1. The van der Waals surface area contributed by atoms with Crippen LogP contribution in [0.2, 0.25) is 0 Å². The molecule has 120 valence electrons. The molecule has 2 nitrogen and oxygen atoms in total. The van der Waals surface area contributed by atoms with E-state index in [0.29, 0.717) is 12.5 Å². The van der Waals surface area contributed by atoms with E-state index in [1.165, 1.54) is 12.1 Å². The van der Waals surface area contributed by atoms with E-state index in [-0.39, 0.29) is 16.7 Å². The Bertz CT molecular complexity index is 393. The zero-order chi connectivity index (χ0) is 15.7. The Hall–Kier alpha value is -0.720. The number of alkyl halides is 3. The Morgan fingerprint density at radius 1 is 1.19 bits per heavy atom. The largest absolute Gasteiger partial charge is 0.446 e. The topological polar surface area (TPSA) is 21.3 Å². The van der Waals surface area contributed by atoms with Gasteiger partial charge in [0, 0.05) is 24.7 Å². The fraction of sp³-hybridized carbons (Fsp3) is 0.600. The van der Waals surface area contributed by atoms with Gasteiger partial charge in [-0.15, -0.1) is 0 Å². The minimum Gasteiger partial charge on any atom is -0.381 e. The lowest BCUT2D eigenvalue weighted by Gasteiger charge is -2.09. The molecule has 0 bridgehead atoms. The van der Waals surface area contributed by atoms with Gasteiger partial charge in [0.05, 0.1) is 0 Å². The highest BCUT2D eigenvalue weighted by Gasteiger charge is 2.28. The second-order valence-electron chi connectivity index (χ2n) is 5.19. The Morgan fingerprint density at radius 2 is 1.86 bits per heavy atom. The van der Waals surface area contributed by atoms with E-state index in [2.05, 4.69) is 19.2 Å². The maximum absolute atomic E-state index is 12.2. The third-order valence-corrected chi connectivity index (χ3v) is 3.32. The molecule has 0 fully saturated rings. The monoisotopic (exact) mass is 321 g/mol. The van der Waals surface area contributed by atoms with E-state index in [1.807, 2.05) is 0 Å². The van der Waals surface area contributed by atoms with Crippen molar-refractivity contribution in [1.29, 1.82) is 0 Å². The van der Waals surface area contributed by atoms with Crippen LogP contribution >= 0.6 is 11.8 Å². The maximum Gasteiger partial charge on any atom is 0.446 e. The number of nitrogens with one attached hydrogen (secondary N) is 1. The fourth-order valence-corrected chi connectivity index (χ4v) is 2.20. The summed E-state index contributed by atoms with van der Waals surface area (Å²) in [6, 6.07) is 6.44. The van der Waals surface area contributed by atoms with Gasteiger partial charge in [0.15, 0.2) is 0 Å². The van der Waals surface area contributed by atoms with Crippen molar-refractivity contribution >= 4 is 11.8 Å². The Balaban J connectivity index is 2.15. The predicted octanol–water partition coefficient (Wildman–Crippen LogP) is 4.45. The van der Waals surface area contributed by atoms with Gasteiger partial charge in [0.25, 0.3) is 0 Å². The summed E-state index contributed by atoms with van der Waals surface area (Å²) in [7, 11) is 0. The predicted molar refractivity (Wildman–Crippen MR) is 80.3 cm³/mol. The molecule has 0 aliphatic rings. The normalized spacial score (nSPS) is 12.1. The first-order valence-corrected chi connectivity index (χ1v) is 7.81. The van der Waals surface area contributed by atoms with Gasteiger partial charge in [-0.3, -0.25) is 0 Å². The van der Waals surface area contributed by atoms with Crippen molar-refractivity contribution in [3.63, 3.8) is 0 Å². The first kappa shape index (κ1) is 18.3. The molecule has 1 aromatic carbocycles. The second-order valence-corrected chi connectivity index (χ2v) is 6.33. The van der Waals surface area contributed by atoms with Crippen molar-refractivity contribution in [1.82, 2.24) is 5.32 Å². The van der Waals surface area contributed by atoms with Crippen molar-refractivity contribution < 1.29 is 17.9 Å². The number of hydrogen-bond acceptors (Lipinski definition) is 3. The average Bonchev–Trinajstić information content (AvgIpc) is 2.37. The van der Waals surface area contributed by atoms with Gasteiger partial charge in [-0.2, -0.15) is 13.2 Å². The number of hydrogen-bond donors (Lipinski definition) is 1. The molecule has 0 saturated heterocycles. The molecular weight excluding hydrogens is 299 g/mol. The van der Waals surface area contributed by atoms with Crippen LogP contribution in [0.15, 0.2) is 29.2 Å². The SMILES string of the molecule is CC(C)COCCCNCc1ccc(SC(F)(F)F)cc1. The van der Waals surface area contributed by atoms with Crippen LogP contribution in [-0.4, -0.2) is 25.3 Å². The van der Waals surface area contributed by atoms with Crippen molar-refractivity contribution in [2.75, 3.05) is 19.8 Å². The zero-order valence-electron chi connectivity index (χ0n) is 12.4. The zero-order valence-corrected chi connectivity index (χ0v) is 13.2. The van der Waals surface area contributed by atoms with Crippen LogP contribution in [0, 0.1) is 5.92 Å². The van der Waals surface area contributed by atoms with E-state index < -0.39 is 5.51 Å². The number of benzene rings is 1. The third kappa shape index (κ3) is 9.77. The Kier molecular flexibility index (Phi) is 8.14. The summed E-state index contributed by atoms with van der Waals surface area (Å²) in [6.07, 6.45) is 0.925. The molecule has 0 heterocycles. The highest BCUT2D eigenvalue weighted by Crippen LogP contribution is 2.36. The van der Waals surface area contributed by atoms with E-state index in [0.717, 1.165) is 31.7 Å². The molecule has 0 saturated carbocycles. The Labute approximate surface area is 128 Å². The van der Waals surface area contributed by atoms with Crippen molar-refractivity contribution in [2.24, 2.45) is 5.92 Å². The number of rotatable bonds is 9. The standard InChI is InChI=1S/C15H22F3NOS/c1-12(2)11-20-9-3-8-19-10-13-4-6-14(7-5-13)21-15(16,17)18/h4-7,12,19H,3,8-11H2,1-2H3. The summed E-state index contributed by atoms with van der Waals surface area (Å²) in [5.41, 5.74) is -3.25. The molecular formula is C15H22F3NOS. The summed E-state index contributed by atoms with van der Waals surface area (Å²) in [5.74, 6) is 0.547. The second kappa shape index (κ2) is 9.33. The molecule has 1 N–H and O–H groups in total. The third-order valence-electron chi connectivity index (χ3n) is 2.58. The van der Waals surface area contributed by atoms with E-state index in [1.54, 1.807) is 12.1 Å². The van der Waals surface area contributed by atoms with Crippen molar-refractivity contribution in [3.05, 3.63) is 29.8 Å². The summed E-state index contributed by atoms with van der Waals surface area (Å²) < 4.78 is 42.0. The minimum atomic E-state index is -4.23. The van der Waals surface area contributed by atoms with Crippen LogP contribution in [0.5, 0.6) is 0 Å². The molecule has 0 unspecified atom stereocenters. The van der Waals surface area contributed by atoms with E-state index >= 15 is 0 Å². The molecule has 0 aliphatic carbocycles. The fourth-order valence-electron chi connectivity index (χ4n) is 1.66. The highest BCUT2D eigenvalue weighted by molar-refractivity contribution is 8.00. The van der Waals surface area contributed by atoms with Gasteiger partial charge in [-0.05, 0) is 48.3 Å². The van der Waals surface area contributed by atoms with Crippen LogP contribution in [0.25, 0.3) is 0 Å². The lowest BCUT2D eigenvalue weighted by Crippen LogP contribution is -2.17. The molecule has 0 radical (unpaired) electrons. The molecule has 21 heavy (non-hydrogen) atoms. The molecule has 0 amide bonds. The molecule has 6 heteroatoms.